The van der Waals surface area contributed by atoms with Crippen molar-refractivity contribution < 1.29 is 18.6 Å². The van der Waals surface area contributed by atoms with Crippen molar-refractivity contribution in [1.82, 2.24) is 4.57 Å². The van der Waals surface area contributed by atoms with Crippen LogP contribution in [0.25, 0.3) is 28.7 Å². The molecule has 0 radical (unpaired) electrons. The molecule has 0 N–H and O–H groups in total. The number of non-ortho nitro benzene ring substituents is 1. The Hall–Kier alpha value is -4.32. The Morgan fingerprint density at radius 2 is 1.83 bits per heavy atom. The summed E-state index contributed by atoms with van der Waals surface area (Å²) in [7, 11) is 0. The smallest absolute Gasteiger partial charge is 0.271 e. The Kier molecular flexibility index (Phi) is 7.17. The summed E-state index contributed by atoms with van der Waals surface area (Å²) >= 11 is 10.9. The molecule has 2 aromatic carbocycles. The van der Waals surface area contributed by atoms with Crippen molar-refractivity contribution in [1.29, 1.82) is 0 Å². The van der Waals surface area contributed by atoms with Crippen molar-refractivity contribution in [3.05, 3.63) is 129 Å². The van der Waals surface area contributed by atoms with Crippen LogP contribution in [0.15, 0.2) is 101 Å². The molecule has 3 aromatic heterocycles. The summed E-state index contributed by atoms with van der Waals surface area (Å²) in [5.41, 5.74) is 1.57. The molecule has 4 heterocycles. The first-order valence-corrected chi connectivity index (χ1v) is 14.5. The van der Waals surface area contributed by atoms with Crippen LogP contribution in [0.3, 0.4) is 0 Å². The van der Waals surface area contributed by atoms with Gasteiger partial charge >= 0.3 is 0 Å². The predicted octanol–water partition coefficient (Wildman–Crippen LogP) is 6.67. The van der Waals surface area contributed by atoms with Crippen molar-refractivity contribution in [3.8, 4) is 22.6 Å². The number of halogens is 2. The third-order valence-electron chi connectivity index (χ3n) is 6.75. The number of nitro groups is 1. The molecule has 0 saturated carbocycles. The van der Waals surface area contributed by atoms with E-state index in [0.717, 1.165) is 21.4 Å². The number of hydrogen-bond donors (Lipinski definition) is 0. The number of Topliss-reactive ketones (excluding diaryl/α,β-unsaturated/α-hetero) is 1. The van der Waals surface area contributed by atoms with Gasteiger partial charge in [0.2, 0.25) is 0 Å². The summed E-state index contributed by atoms with van der Waals surface area (Å²) in [6.07, 6.45) is 1.57. The number of hydrogen-bond acceptors (Lipinski definition) is 8. The Morgan fingerprint density at radius 3 is 2.55 bits per heavy atom. The molecule has 0 saturated heterocycles. The quantitative estimate of drug-likeness (QED) is 0.148. The number of carbonyl (C=O) groups is 1. The van der Waals surface area contributed by atoms with Gasteiger partial charge in [0.05, 0.1) is 14.5 Å². The van der Waals surface area contributed by atoms with E-state index >= 15 is 0 Å². The third kappa shape index (κ3) is 5.00. The lowest BCUT2D eigenvalue weighted by atomic mass is 9.98. The standard InChI is InChI=1S/C30H19BrClN3O6S/c1-15-27(16(2)36)28(25-12-11-23(41-25)17-3-5-18(31)6-4-17)34-29(37)26(42-30(34)33-15)14-20-8-10-24(40-20)21-13-19(35(38)39)7-9-22(21)32/h3-14,28H,1-2H3/b26-14+/t28-/m1/s1. The molecule has 42 heavy (non-hydrogen) atoms. The molecule has 0 unspecified atom stereocenters. The van der Waals surface area contributed by atoms with Gasteiger partial charge in [0, 0.05) is 45.1 Å². The molecule has 0 aliphatic carbocycles. The molecule has 0 amide bonds. The second kappa shape index (κ2) is 10.8. The number of benzene rings is 2. The molecule has 1 aliphatic rings. The maximum Gasteiger partial charge on any atom is 0.271 e. The van der Waals surface area contributed by atoms with E-state index < -0.39 is 11.0 Å². The first-order chi connectivity index (χ1) is 20.1. The number of carbonyl (C=O) groups excluding carboxylic acids is 1. The van der Waals surface area contributed by atoms with Gasteiger partial charge in [0.15, 0.2) is 10.6 Å². The molecule has 12 heteroatoms. The minimum atomic E-state index is -0.805. The van der Waals surface area contributed by atoms with Gasteiger partial charge in [-0.3, -0.25) is 24.3 Å². The van der Waals surface area contributed by atoms with Crippen LogP contribution in [-0.4, -0.2) is 15.3 Å². The highest BCUT2D eigenvalue weighted by molar-refractivity contribution is 9.10. The lowest BCUT2D eigenvalue weighted by molar-refractivity contribution is -0.384. The van der Waals surface area contributed by atoms with Gasteiger partial charge in [0.1, 0.15) is 29.1 Å². The molecular weight excluding hydrogens is 646 g/mol. The fourth-order valence-corrected chi connectivity index (χ4v) is 6.33. The van der Waals surface area contributed by atoms with E-state index in [0.29, 0.717) is 49.2 Å². The fourth-order valence-electron chi connectivity index (χ4n) is 4.83. The third-order valence-corrected chi connectivity index (χ3v) is 8.59. The van der Waals surface area contributed by atoms with Crippen molar-refractivity contribution in [2.75, 3.05) is 0 Å². The lowest BCUT2D eigenvalue weighted by Gasteiger charge is -2.22. The molecule has 9 nitrogen and oxygen atoms in total. The highest BCUT2D eigenvalue weighted by atomic mass is 79.9. The van der Waals surface area contributed by atoms with Crippen molar-refractivity contribution in [3.63, 3.8) is 0 Å². The summed E-state index contributed by atoms with van der Waals surface area (Å²) in [6.45, 7) is 3.18. The van der Waals surface area contributed by atoms with E-state index in [1.165, 1.54) is 29.7 Å². The zero-order chi connectivity index (χ0) is 29.7. The maximum absolute atomic E-state index is 13.8. The molecule has 6 rings (SSSR count). The first-order valence-electron chi connectivity index (χ1n) is 12.5. The Bertz CT molecular complexity index is 2120. The molecular formula is C30H19BrClN3O6S. The van der Waals surface area contributed by atoms with E-state index in [9.17, 15) is 19.7 Å². The van der Waals surface area contributed by atoms with Gasteiger partial charge in [-0.25, -0.2) is 4.99 Å². The molecule has 5 aromatic rings. The monoisotopic (exact) mass is 663 g/mol. The summed E-state index contributed by atoms with van der Waals surface area (Å²) in [5, 5.41) is 11.5. The second-order valence-corrected chi connectivity index (χ2v) is 11.8. The summed E-state index contributed by atoms with van der Waals surface area (Å²) in [4.78, 5) is 42.3. The van der Waals surface area contributed by atoms with Crippen molar-refractivity contribution in [2.45, 2.75) is 19.9 Å². The topological polar surface area (TPSA) is 121 Å². The van der Waals surface area contributed by atoms with Gasteiger partial charge in [-0.05, 0) is 56.3 Å². The average Bonchev–Trinajstić information content (AvgIpc) is 3.68. The Balaban J connectivity index is 1.44. The van der Waals surface area contributed by atoms with Crippen LogP contribution in [-0.2, 0) is 4.79 Å². The highest BCUT2D eigenvalue weighted by Gasteiger charge is 2.33. The highest BCUT2D eigenvalue weighted by Crippen LogP contribution is 2.35. The molecule has 1 atom stereocenters. The van der Waals surface area contributed by atoms with Gasteiger partial charge in [-0.1, -0.05) is 51.0 Å². The largest absolute Gasteiger partial charge is 0.458 e. The fraction of sp³-hybridized carbons (Fsp3) is 0.100. The number of nitrogens with zero attached hydrogens (tertiary/aromatic N) is 3. The molecule has 0 bridgehead atoms. The van der Waals surface area contributed by atoms with Crippen LogP contribution in [0.1, 0.15) is 31.4 Å². The summed E-state index contributed by atoms with van der Waals surface area (Å²) < 4.78 is 14.8. The number of fused-ring (bicyclic) bond motifs is 1. The van der Waals surface area contributed by atoms with Gasteiger partial charge < -0.3 is 8.83 Å². The Labute approximate surface area is 255 Å². The normalized spacial score (nSPS) is 15.0. The number of rotatable bonds is 6. The average molecular weight is 665 g/mol. The Morgan fingerprint density at radius 1 is 1.10 bits per heavy atom. The van der Waals surface area contributed by atoms with E-state index in [1.807, 2.05) is 30.3 Å². The van der Waals surface area contributed by atoms with E-state index in [-0.39, 0.29) is 22.1 Å². The zero-order valence-corrected chi connectivity index (χ0v) is 25.1. The molecule has 0 spiro atoms. The number of ketones is 1. The van der Waals surface area contributed by atoms with Crippen molar-refractivity contribution >= 4 is 56.4 Å². The van der Waals surface area contributed by atoms with E-state index in [1.54, 1.807) is 31.2 Å². The second-order valence-electron chi connectivity index (χ2n) is 9.47. The van der Waals surface area contributed by atoms with Gasteiger partial charge in [0.25, 0.3) is 11.2 Å². The SMILES string of the molecule is CC(=O)C1=C(C)N=c2s/c(=C/c3ccc(-c4cc([N+](=O)[O-])ccc4Cl)o3)c(=O)n2[C@@H]1c1ccc(-c2ccc(Br)cc2)o1. The van der Waals surface area contributed by atoms with E-state index in [4.69, 9.17) is 20.4 Å². The molecule has 0 fully saturated rings. The first kappa shape index (κ1) is 27.8. The summed E-state index contributed by atoms with van der Waals surface area (Å²) in [5.74, 6) is 1.46. The van der Waals surface area contributed by atoms with Crippen LogP contribution >= 0.6 is 38.9 Å². The summed E-state index contributed by atoms with van der Waals surface area (Å²) in [6, 6.07) is 17.7. The van der Waals surface area contributed by atoms with Crippen LogP contribution in [0, 0.1) is 10.1 Å². The van der Waals surface area contributed by atoms with Crippen LogP contribution in [0.4, 0.5) is 5.69 Å². The number of aromatic nitrogens is 1. The molecule has 1 aliphatic heterocycles. The zero-order valence-electron chi connectivity index (χ0n) is 22.0. The number of furan rings is 2. The number of nitro benzene ring substituents is 1. The van der Waals surface area contributed by atoms with Crippen molar-refractivity contribution in [2.24, 2.45) is 4.99 Å². The number of thiazole rings is 1. The molecule has 210 valence electrons. The lowest BCUT2D eigenvalue weighted by Crippen LogP contribution is -2.39. The van der Waals surface area contributed by atoms with E-state index in [2.05, 4.69) is 20.9 Å². The minimum Gasteiger partial charge on any atom is -0.458 e. The van der Waals surface area contributed by atoms with Crippen LogP contribution in [0.5, 0.6) is 0 Å². The minimum absolute atomic E-state index is 0.126. The number of allylic oxidation sites excluding steroid dienone is 2. The predicted molar refractivity (Wildman–Crippen MR) is 162 cm³/mol. The van der Waals surface area contributed by atoms with Crippen LogP contribution < -0.4 is 14.9 Å². The van der Waals surface area contributed by atoms with Gasteiger partial charge in [-0.2, -0.15) is 0 Å². The van der Waals surface area contributed by atoms with Crippen LogP contribution in [0.2, 0.25) is 5.02 Å². The van der Waals surface area contributed by atoms with Gasteiger partial charge in [-0.15, -0.1) is 0 Å². The maximum atomic E-state index is 13.8.